The van der Waals surface area contributed by atoms with Crippen LogP contribution in [0.5, 0.6) is 0 Å². The summed E-state index contributed by atoms with van der Waals surface area (Å²) in [6, 6.07) is 0. The van der Waals surface area contributed by atoms with Crippen molar-refractivity contribution >= 4 is 18.1 Å². The molecule has 0 rings (SSSR count). The van der Waals surface area contributed by atoms with Crippen molar-refractivity contribution in [1.82, 2.24) is 0 Å². The topological polar surface area (TPSA) is 88.1 Å². The lowest BCUT2D eigenvalue weighted by Crippen LogP contribution is -2.18. The molecule has 0 saturated heterocycles. The smallest absolute Gasteiger partial charge is 0.463 e. The van der Waals surface area contributed by atoms with Crippen LogP contribution in [0, 0.1) is 11.8 Å². The molecule has 0 saturated carbocycles. The number of esters is 2. The van der Waals surface area contributed by atoms with E-state index in [1.54, 1.807) is 0 Å². The molecule has 0 aromatic rings. The maximum absolute atomic E-state index is 11.5. The Balaban J connectivity index is 3.70. The summed E-state index contributed by atoms with van der Waals surface area (Å²) in [6.45, 7) is 11.2. The molecule has 0 spiro atoms. The van der Waals surface area contributed by atoms with Gasteiger partial charge in [-0.1, -0.05) is 27.0 Å². The van der Waals surface area contributed by atoms with Gasteiger partial charge in [0.2, 0.25) is 0 Å². The van der Waals surface area contributed by atoms with Gasteiger partial charge in [-0.15, -0.1) is 0 Å². The first-order valence-corrected chi connectivity index (χ1v) is 7.77. The Labute approximate surface area is 142 Å². The average molecular weight is 342 g/mol. The molecule has 0 N–H and O–H groups in total. The molecule has 0 aliphatic carbocycles. The third-order valence-electron chi connectivity index (χ3n) is 3.01. The predicted molar refractivity (Wildman–Crippen MR) is 87.2 cm³/mol. The zero-order valence-corrected chi connectivity index (χ0v) is 14.3. The van der Waals surface area contributed by atoms with Gasteiger partial charge in [0.1, 0.15) is 0 Å². The SMILES string of the molecule is C=CC(=O)OCCC(C)COC(=O)OCC(C)CCOC(=O)C=C. The largest absolute Gasteiger partial charge is 0.508 e. The molecule has 0 aromatic carbocycles. The van der Waals surface area contributed by atoms with Gasteiger partial charge in [0.05, 0.1) is 26.4 Å². The molecular formula is C17H26O7. The minimum atomic E-state index is -0.750. The van der Waals surface area contributed by atoms with E-state index in [0.29, 0.717) is 12.8 Å². The first-order valence-electron chi connectivity index (χ1n) is 7.77. The highest BCUT2D eigenvalue weighted by Crippen LogP contribution is 2.06. The van der Waals surface area contributed by atoms with Crippen molar-refractivity contribution in [3.63, 3.8) is 0 Å². The molecule has 2 unspecified atom stereocenters. The highest BCUT2D eigenvalue weighted by molar-refractivity contribution is 5.81. The molecule has 0 aromatic heterocycles. The van der Waals surface area contributed by atoms with Crippen LogP contribution in [0.1, 0.15) is 26.7 Å². The van der Waals surface area contributed by atoms with Gasteiger partial charge in [-0.3, -0.25) is 0 Å². The van der Waals surface area contributed by atoms with E-state index in [4.69, 9.17) is 18.9 Å². The molecule has 0 aliphatic heterocycles. The molecule has 0 amide bonds. The molecular weight excluding hydrogens is 316 g/mol. The lowest BCUT2D eigenvalue weighted by atomic mass is 10.1. The second-order valence-electron chi connectivity index (χ2n) is 5.40. The van der Waals surface area contributed by atoms with E-state index in [0.717, 1.165) is 12.2 Å². The lowest BCUT2D eigenvalue weighted by molar-refractivity contribution is -0.139. The van der Waals surface area contributed by atoms with E-state index in [-0.39, 0.29) is 38.3 Å². The zero-order chi connectivity index (χ0) is 18.4. The second kappa shape index (κ2) is 13.2. The molecule has 136 valence electrons. The van der Waals surface area contributed by atoms with Gasteiger partial charge < -0.3 is 18.9 Å². The Hall–Kier alpha value is -2.31. The summed E-state index contributed by atoms with van der Waals surface area (Å²) in [5.41, 5.74) is 0. The van der Waals surface area contributed by atoms with Gasteiger partial charge in [0, 0.05) is 12.2 Å². The van der Waals surface area contributed by atoms with Crippen LogP contribution in [0.3, 0.4) is 0 Å². The Morgan fingerprint density at radius 2 is 1.17 bits per heavy atom. The van der Waals surface area contributed by atoms with Crippen LogP contribution in [0.2, 0.25) is 0 Å². The lowest BCUT2D eigenvalue weighted by Gasteiger charge is -2.14. The molecule has 0 radical (unpaired) electrons. The Bertz CT molecular complexity index is 393. The number of rotatable bonds is 12. The van der Waals surface area contributed by atoms with Crippen LogP contribution in [0.15, 0.2) is 25.3 Å². The number of carbonyl (C=O) groups is 3. The van der Waals surface area contributed by atoms with Crippen LogP contribution in [-0.2, 0) is 28.5 Å². The van der Waals surface area contributed by atoms with E-state index in [2.05, 4.69) is 13.2 Å². The Kier molecular flexibility index (Phi) is 11.9. The maximum atomic E-state index is 11.5. The summed E-state index contributed by atoms with van der Waals surface area (Å²) in [5.74, 6) is -0.887. The molecule has 24 heavy (non-hydrogen) atoms. The van der Waals surface area contributed by atoms with E-state index in [1.807, 2.05) is 13.8 Å². The minimum Gasteiger partial charge on any atom is -0.463 e. The van der Waals surface area contributed by atoms with Crippen LogP contribution in [0.25, 0.3) is 0 Å². The summed E-state index contributed by atoms with van der Waals surface area (Å²) < 4.78 is 19.6. The fraction of sp³-hybridized carbons (Fsp3) is 0.588. The maximum Gasteiger partial charge on any atom is 0.508 e. The molecule has 0 aliphatic rings. The summed E-state index contributed by atoms with van der Waals surface area (Å²) in [5, 5.41) is 0. The fourth-order valence-corrected chi connectivity index (χ4v) is 1.47. The Morgan fingerprint density at radius 1 is 0.792 bits per heavy atom. The van der Waals surface area contributed by atoms with Gasteiger partial charge in [0.25, 0.3) is 0 Å². The van der Waals surface area contributed by atoms with Gasteiger partial charge >= 0.3 is 18.1 Å². The first-order chi connectivity index (χ1) is 11.4. The molecule has 0 fully saturated rings. The van der Waals surface area contributed by atoms with Crippen LogP contribution < -0.4 is 0 Å². The van der Waals surface area contributed by atoms with Gasteiger partial charge in [-0.25, -0.2) is 14.4 Å². The zero-order valence-electron chi connectivity index (χ0n) is 14.3. The molecule has 7 nitrogen and oxygen atoms in total. The quantitative estimate of drug-likeness (QED) is 0.306. The Morgan fingerprint density at radius 3 is 1.50 bits per heavy atom. The van der Waals surface area contributed by atoms with Crippen molar-refractivity contribution in [1.29, 1.82) is 0 Å². The number of hydrogen-bond acceptors (Lipinski definition) is 7. The number of carbonyl (C=O) groups excluding carboxylic acids is 3. The highest BCUT2D eigenvalue weighted by atomic mass is 16.7. The van der Waals surface area contributed by atoms with Crippen molar-refractivity contribution in [2.75, 3.05) is 26.4 Å². The average Bonchev–Trinajstić information content (AvgIpc) is 2.57. The van der Waals surface area contributed by atoms with E-state index < -0.39 is 18.1 Å². The van der Waals surface area contributed by atoms with Gasteiger partial charge in [-0.2, -0.15) is 0 Å². The molecule has 0 heterocycles. The first kappa shape index (κ1) is 21.7. The molecule has 7 heteroatoms. The van der Waals surface area contributed by atoms with Crippen molar-refractivity contribution in [2.45, 2.75) is 26.7 Å². The monoisotopic (exact) mass is 342 g/mol. The van der Waals surface area contributed by atoms with E-state index in [1.165, 1.54) is 0 Å². The third kappa shape index (κ3) is 12.3. The van der Waals surface area contributed by atoms with Crippen molar-refractivity contribution < 1.29 is 33.3 Å². The van der Waals surface area contributed by atoms with Crippen molar-refractivity contribution in [3.05, 3.63) is 25.3 Å². The van der Waals surface area contributed by atoms with Crippen LogP contribution >= 0.6 is 0 Å². The van der Waals surface area contributed by atoms with E-state index in [9.17, 15) is 14.4 Å². The number of ether oxygens (including phenoxy) is 4. The normalized spacial score (nSPS) is 12.4. The summed E-state index contributed by atoms with van der Waals surface area (Å²) in [6.07, 6.45) is 2.58. The minimum absolute atomic E-state index is 0.0332. The third-order valence-corrected chi connectivity index (χ3v) is 3.01. The van der Waals surface area contributed by atoms with Gasteiger partial charge in [-0.05, 0) is 24.7 Å². The van der Waals surface area contributed by atoms with Gasteiger partial charge in [0.15, 0.2) is 0 Å². The van der Waals surface area contributed by atoms with Crippen LogP contribution in [0.4, 0.5) is 4.79 Å². The predicted octanol–water partition coefficient (Wildman–Crippen LogP) is 2.65. The second-order valence-corrected chi connectivity index (χ2v) is 5.40. The standard InChI is InChI=1S/C17H26O7/c1-5-15(18)21-9-7-13(3)11-23-17(20)24-12-14(4)8-10-22-16(19)6-2/h5-6,13-14H,1-2,7-12H2,3-4H3. The number of hydrogen-bond donors (Lipinski definition) is 0. The molecule has 0 bridgehead atoms. The summed E-state index contributed by atoms with van der Waals surface area (Å²) in [4.78, 5) is 33.2. The summed E-state index contributed by atoms with van der Waals surface area (Å²) in [7, 11) is 0. The van der Waals surface area contributed by atoms with E-state index >= 15 is 0 Å². The molecule has 2 atom stereocenters. The van der Waals surface area contributed by atoms with Crippen molar-refractivity contribution in [2.24, 2.45) is 11.8 Å². The fourth-order valence-electron chi connectivity index (χ4n) is 1.47. The van der Waals surface area contributed by atoms with Crippen LogP contribution in [-0.4, -0.2) is 44.5 Å². The summed E-state index contributed by atoms with van der Waals surface area (Å²) >= 11 is 0. The highest BCUT2D eigenvalue weighted by Gasteiger charge is 2.12. The van der Waals surface area contributed by atoms with Crippen molar-refractivity contribution in [3.8, 4) is 0 Å².